The van der Waals surface area contributed by atoms with E-state index in [1.165, 1.54) is 6.92 Å². The van der Waals surface area contributed by atoms with E-state index in [-0.39, 0.29) is 19.6 Å². The molecule has 0 aromatic carbocycles. The molecule has 1 aliphatic rings. The fourth-order valence-corrected chi connectivity index (χ4v) is 1.35. The summed E-state index contributed by atoms with van der Waals surface area (Å²) in [6, 6.07) is 0. The lowest BCUT2D eigenvalue weighted by molar-refractivity contribution is -0.157. The molecular weight excluding hydrogens is 207 g/mol. The van der Waals surface area contributed by atoms with Crippen LogP contribution in [0.5, 0.6) is 0 Å². The van der Waals surface area contributed by atoms with E-state index >= 15 is 0 Å². The highest BCUT2D eigenvalue weighted by Gasteiger charge is 2.33. The van der Waals surface area contributed by atoms with Crippen LogP contribution in [0.4, 0.5) is 4.39 Å². The monoisotopic (exact) mass is 222 g/mol. The summed E-state index contributed by atoms with van der Waals surface area (Å²) in [5, 5.41) is 18.4. The van der Waals surface area contributed by atoms with Crippen molar-refractivity contribution in [2.75, 3.05) is 13.2 Å². The van der Waals surface area contributed by atoms with Gasteiger partial charge in [0.05, 0.1) is 18.8 Å². The number of esters is 1. The topological polar surface area (TPSA) is 76.0 Å². The minimum Gasteiger partial charge on any atom is -0.463 e. The van der Waals surface area contributed by atoms with E-state index in [4.69, 9.17) is 9.84 Å². The molecule has 1 aliphatic heterocycles. The number of hydrogen-bond acceptors (Lipinski definition) is 5. The van der Waals surface area contributed by atoms with Crippen LogP contribution >= 0.6 is 0 Å². The Morgan fingerprint density at radius 3 is 2.80 bits per heavy atom. The van der Waals surface area contributed by atoms with Crippen LogP contribution in [0.1, 0.15) is 13.3 Å². The van der Waals surface area contributed by atoms with E-state index in [0.29, 0.717) is 0 Å². The summed E-state index contributed by atoms with van der Waals surface area (Å²) in [5.74, 6) is -0.561. The van der Waals surface area contributed by atoms with Crippen molar-refractivity contribution >= 4 is 5.97 Å². The minimum atomic E-state index is -1.48. The molecule has 4 atom stereocenters. The molecular formula is C9H15FO5. The molecule has 0 saturated carbocycles. The van der Waals surface area contributed by atoms with Gasteiger partial charge in [-0.15, -0.1) is 0 Å². The second-order valence-corrected chi connectivity index (χ2v) is 3.56. The third-order valence-corrected chi connectivity index (χ3v) is 2.25. The lowest BCUT2D eigenvalue weighted by atomic mass is 10.0. The zero-order chi connectivity index (χ0) is 11.4. The van der Waals surface area contributed by atoms with Gasteiger partial charge in [-0.2, -0.15) is 0 Å². The number of ether oxygens (including phenoxy) is 2. The summed E-state index contributed by atoms with van der Waals surface area (Å²) in [6.45, 7) is 0.697. The van der Waals surface area contributed by atoms with E-state index < -0.39 is 30.5 Å². The highest BCUT2D eigenvalue weighted by molar-refractivity contribution is 5.65. The molecule has 1 heterocycles. The van der Waals surface area contributed by atoms with Gasteiger partial charge < -0.3 is 19.7 Å². The van der Waals surface area contributed by atoms with Crippen molar-refractivity contribution in [2.24, 2.45) is 0 Å². The van der Waals surface area contributed by atoms with Gasteiger partial charge in [0.25, 0.3) is 0 Å². The maximum atomic E-state index is 13.4. The number of halogens is 1. The van der Waals surface area contributed by atoms with Gasteiger partial charge in [-0.3, -0.25) is 4.79 Å². The van der Waals surface area contributed by atoms with Crippen molar-refractivity contribution in [2.45, 2.75) is 37.8 Å². The van der Waals surface area contributed by atoms with Crippen LogP contribution in [-0.4, -0.2) is 53.9 Å². The lowest BCUT2D eigenvalue weighted by Gasteiger charge is -2.31. The van der Waals surface area contributed by atoms with Gasteiger partial charge in [0, 0.05) is 13.3 Å². The molecule has 0 radical (unpaired) electrons. The lowest BCUT2D eigenvalue weighted by Crippen LogP contribution is -2.45. The first kappa shape index (κ1) is 12.4. The summed E-state index contributed by atoms with van der Waals surface area (Å²) < 4.78 is 22.8. The summed E-state index contributed by atoms with van der Waals surface area (Å²) >= 11 is 0. The van der Waals surface area contributed by atoms with Crippen molar-refractivity contribution < 1.29 is 28.9 Å². The van der Waals surface area contributed by atoms with Crippen LogP contribution in [0.25, 0.3) is 0 Å². The third-order valence-electron chi connectivity index (χ3n) is 2.25. The zero-order valence-electron chi connectivity index (χ0n) is 8.43. The number of carbonyl (C=O) groups excluding carboxylic acids is 1. The average Bonchev–Trinajstić information content (AvgIpc) is 2.18. The van der Waals surface area contributed by atoms with Crippen molar-refractivity contribution in [3.63, 3.8) is 0 Å². The third kappa shape index (κ3) is 3.73. The Morgan fingerprint density at radius 1 is 1.60 bits per heavy atom. The van der Waals surface area contributed by atoms with Gasteiger partial charge in [0.15, 0.2) is 6.17 Å². The van der Waals surface area contributed by atoms with Gasteiger partial charge in [0.2, 0.25) is 0 Å². The fourth-order valence-electron chi connectivity index (χ4n) is 1.35. The molecule has 0 amide bonds. The molecule has 88 valence electrons. The number of hydrogen-bond donors (Lipinski definition) is 2. The SMILES string of the molecule is CC(=O)OC[C@H](F)C1CC(O)C(O)CO1. The molecule has 0 bridgehead atoms. The van der Waals surface area contributed by atoms with Crippen molar-refractivity contribution in [1.29, 1.82) is 0 Å². The molecule has 0 spiro atoms. The Kier molecular flexibility index (Phi) is 4.44. The number of aliphatic hydroxyl groups excluding tert-OH is 2. The van der Waals surface area contributed by atoms with Crippen LogP contribution in [0.2, 0.25) is 0 Å². The number of carbonyl (C=O) groups is 1. The van der Waals surface area contributed by atoms with E-state index in [0.717, 1.165) is 0 Å². The van der Waals surface area contributed by atoms with Gasteiger partial charge in [-0.1, -0.05) is 0 Å². The summed E-state index contributed by atoms with van der Waals surface area (Å²) in [4.78, 5) is 10.4. The van der Waals surface area contributed by atoms with Crippen molar-refractivity contribution in [3.8, 4) is 0 Å². The molecule has 0 aromatic rings. The molecule has 5 nitrogen and oxygen atoms in total. The quantitative estimate of drug-likeness (QED) is 0.623. The van der Waals surface area contributed by atoms with Crippen LogP contribution in [0.15, 0.2) is 0 Å². The molecule has 1 rings (SSSR count). The standard InChI is InChI=1S/C9H15FO5/c1-5(11)14-3-6(10)9-2-7(12)8(13)4-15-9/h6-9,12-13H,2-4H2,1H3/t6-,7?,8?,9?/m0/s1. The van der Waals surface area contributed by atoms with Crippen LogP contribution in [0, 0.1) is 0 Å². The number of rotatable bonds is 3. The molecule has 3 unspecified atom stereocenters. The second kappa shape index (κ2) is 5.39. The van der Waals surface area contributed by atoms with Gasteiger partial charge in [-0.05, 0) is 0 Å². The summed E-state index contributed by atoms with van der Waals surface area (Å²) in [5.41, 5.74) is 0. The molecule has 0 aliphatic carbocycles. The predicted octanol–water partition coefficient (Wildman–Crippen LogP) is -0.602. The number of aliphatic hydroxyl groups is 2. The van der Waals surface area contributed by atoms with Crippen LogP contribution in [0.3, 0.4) is 0 Å². The predicted molar refractivity (Wildman–Crippen MR) is 47.9 cm³/mol. The Labute approximate surface area is 86.8 Å². The smallest absolute Gasteiger partial charge is 0.302 e. The van der Waals surface area contributed by atoms with Crippen LogP contribution < -0.4 is 0 Å². The molecule has 2 N–H and O–H groups in total. The highest BCUT2D eigenvalue weighted by Crippen LogP contribution is 2.19. The first-order valence-corrected chi connectivity index (χ1v) is 4.76. The summed E-state index contributed by atoms with van der Waals surface area (Å²) in [7, 11) is 0. The largest absolute Gasteiger partial charge is 0.463 e. The first-order valence-electron chi connectivity index (χ1n) is 4.76. The van der Waals surface area contributed by atoms with Crippen molar-refractivity contribution in [3.05, 3.63) is 0 Å². The second-order valence-electron chi connectivity index (χ2n) is 3.56. The maximum Gasteiger partial charge on any atom is 0.302 e. The van der Waals surface area contributed by atoms with Crippen LogP contribution in [-0.2, 0) is 14.3 Å². The minimum absolute atomic E-state index is 0.00357. The fraction of sp³-hybridized carbons (Fsp3) is 0.889. The Morgan fingerprint density at radius 2 is 2.27 bits per heavy atom. The molecule has 1 fully saturated rings. The van der Waals surface area contributed by atoms with E-state index in [1.807, 2.05) is 0 Å². The van der Waals surface area contributed by atoms with E-state index in [2.05, 4.69) is 4.74 Å². The van der Waals surface area contributed by atoms with E-state index in [9.17, 15) is 14.3 Å². The van der Waals surface area contributed by atoms with E-state index in [1.54, 1.807) is 0 Å². The van der Waals surface area contributed by atoms with Crippen molar-refractivity contribution in [1.82, 2.24) is 0 Å². The normalized spacial score (nSPS) is 33.5. The Hall–Kier alpha value is -0.720. The van der Waals surface area contributed by atoms with Gasteiger partial charge in [0.1, 0.15) is 12.7 Å². The molecule has 6 heteroatoms. The summed E-state index contributed by atoms with van der Waals surface area (Å²) in [6.07, 6.45) is -4.26. The molecule has 0 aromatic heterocycles. The first-order chi connectivity index (χ1) is 7.00. The van der Waals surface area contributed by atoms with Gasteiger partial charge >= 0.3 is 5.97 Å². The maximum absolute atomic E-state index is 13.4. The Bertz CT molecular complexity index is 223. The molecule has 1 saturated heterocycles. The molecule has 15 heavy (non-hydrogen) atoms. The Balaban J connectivity index is 2.33. The average molecular weight is 222 g/mol. The zero-order valence-corrected chi connectivity index (χ0v) is 8.43. The highest BCUT2D eigenvalue weighted by atomic mass is 19.1. The number of alkyl halides is 1. The van der Waals surface area contributed by atoms with Gasteiger partial charge in [-0.25, -0.2) is 4.39 Å².